The summed E-state index contributed by atoms with van der Waals surface area (Å²) in [5.41, 5.74) is 1.49. The second-order valence-corrected chi connectivity index (χ2v) is 9.30. The first-order valence-electron chi connectivity index (χ1n) is 10.6. The Morgan fingerprint density at radius 3 is 2.56 bits per heavy atom. The maximum atomic E-state index is 13.2. The quantitative estimate of drug-likeness (QED) is 0.677. The van der Waals surface area contributed by atoms with Crippen molar-refractivity contribution in [3.63, 3.8) is 0 Å². The fraction of sp³-hybridized carbons (Fsp3) is 0.409. The highest BCUT2D eigenvalue weighted by Crippen LogP contribution is 2.37. The van der Waals surface area contributed by atoms with Crippen molar-refractivity contribution in [2.75, 3.05) is 56.4 Å². The van der Waals surface area contributed by atoms with E-state index in [0.29, 0.717) is 62.1 Å². The lowest BCUT2D eigenvalue weighted by Gasteiger charge is -2.28. The Kier molecular flexibility index (Phi) is 6.54. The summed E-state index contributed by atoms with van der Waals surface area (Å²) in [6.45, 7) is 6.79. The summed E-state index contributed by atoms with van der Waals surface area (Å²) in [7, 11) is -3.71. The van der Waals surface area contributed by atoms with Gasteiger partial charge in [0.25, 0.3) is 5.91 Å². The SMILES string of the molecule is CCN(CC)c1ccc(S(=O)(=O)N2CCOCC2)cc1NC(=O)c1cccc2c1OCO2. The Bertz CT molecular complexity index is 1090. The number of hydrogen-bond donors (Lipinski definition) is 1. The molecule has 0 aromatic heterocycles. The van der Waals surface area contributed by atoms with Gasteiger partial charge in [0, 0.05) is 26.2 Å². The zero-order valence-electron chi connectivity index (χ0n) is 18.2. The van der Waals surface area contributed by atoms with E-state index in [1.54, 1.807) is 30.3 Å². The monoisotopic (exact) mass is 461 g/mol. The highest BCUT2D eigenvalue weighted by molar-refractivity contribution is 7.89. The fourth-order valence-corrected chi connectivity index (χ4v) is 5.29. The zero-order valence-corrected chi connectivity index (χ0v) is 19.0. The third-order valence-corrected chi connectivity index (χ3v) is 7.46. The number of fused-ring (bicyclic) bond motifs is 1. The normalized spacial score (nSPS) is 16.1. The molecule has 2 heterocycles. The van der Waals surface area contributed by atoms with Gasteiger partial charge in [-0.2, -0.15) is 4.31 Å². The largest absolute Gasteiger partial charge is 0.454 e. The Hall–Kier alpha value is -2.82. The van der Waals surface area contributed by atoms with Crippen LogP contribution in [0.25, 0.3) is 0 Å². The van der Waals surface area contributed by atoms with Crippen LogP contribution in [0.4, 0.5) is 11.4 Å². The smallest absolute Gasteiger partial charge is 0.259 e. The predicted octanol–water partition coefficient (Wildman–Crippen LogP) is 2.53. The number of carbonyl (C=O) groups is 1. The highest BCUT2D eigenvalue weighted by Gasteiger charge is 2.28. The van der Waals surface area contributed by atoms with Crippen LogP contribution in [-0.2, 0) is 14.8 Å². The van der Waals surface area contributed by atoms with E-state index >= 15 is 0 Å². The number of rotatable bonds is 7. The zero-order chi connectivity index (χ0) is 22.7. The molecule has 1 amide bonds. The van der Waals surface area contributed by atoms with Crippen LogP contribution < -0.4 is 19.7 Å². The van der Waals surface area contributed by atoms with Crippen LogP contribution in [0.3, 0.4) is 0 Å². The molecule has 9 nitrogen and oxygen atoms in total. The molecule has 2 aliphatic heterocycles. The predicted molar refractivity (Wildman–Crippen MR) is 120 cm³/mol. The lowest BCUT2D eigenvalue weighted by atomic mass is 10.1. The number of hydrogen-bond acceptors (Lipinski definition) is 7. The topological polar surface area (TPSA) is 97.4 Å². The molecule has 172 valence electrons. The van der Waals surface area contributed by atoms with Gasteiger partial charge in [0.05, 0.1) is 35.0 Å². The molecule has 32 heavy (non-hydrogen) atoms. The van der Waals surface area contributed by atoms with E-state index in [0.717, 1.165) is 5.69 Å². The molecule has 2 aromatic rings. The molecule has 0 bridgehead atoms. The van der Waals surface area contributed by atoms with Gasteiger partial charge in [-0.05, 0) is 44.2 Å². The van der Waals surface area contributed by atoms with Crippen molar-refractivity contribution in [1.82, 2.24) is 4.31 Å². The van der Waals surface area contributed by atoms with E-state index in [4.69, 9.17) is 14.2 Å². The van der Waals surface area contributed by atoms with Crippen molar-refractivity contribution in [2.45, 2.75) is 18.7 Å². The molecule has 1 fully saturated rings. The van der Waals surface area contributed by atoms with Gasteiger partial charge in [-0.1, -0.05) is 6.07 Å². The molecule has 0 unspecified atom stereocenters. The Labute approximate surface area is 187 Å². The first-order chi connectivity index (χ1) is 15.5. The molecule has 1 saturated heterocycles. The summed E-state index contributed by atoms with van der Waals surface area (Å²) in [6.07, 6.45) is 0. The van der Waals surface area contributed by atoms with Crippen molar-refractivity contribution in [3.8, 4) is 11.5 Å². The van der Waals surface area contributed by atoms with Gasteiger partial charge < -0.3 is 24.4 Å². The number of nitrogens with one attached hydrogen (secondary N) is 1. The summed E-state index contributed by atoms with van der Waals surface area (Å²) >= 11 is 0. The number of benzene rings is 2. The van der Waals surface area contributed by atoms with E-state index in [1.165, 1.54) is 10.4 Å². The van der Waals surface area contributed by atoms with Crippen molar-refractivity contribution >= 4 is 27.3 Å². The lowest BCUT2D eigenvalue weighted by molar-refractivity contribution is 0.0730. The second kappa shape index (κ2) is 9.35. The molecular weight excluding hydrogens is 434 g/mol. The minimum atomic E-state index is -3.71. The van der Waals surface area contributed by atoms with E-state index in [2.05, 4.69) is 10.2 Å². The van der Waals surface area contributed by atoms with Gasteiger partial charge >= 0.3 is 0 Å². The van der Waals surface area contributed by atoms with E-state index in [9.17, 15) is 13.2 Å². The third kappa shape index (κ3) is 4.25. The number of carbonyl (C=O) groups excluding carboxylic acids is 1. The lowest BCUT2D eigenvalue weighted by Crippen LogP contribution is -2.40. The first kappa shape index (κ1) is 22.4. The number of nitrogens with zero attached hydrogens (tertiary/aromatic N) is 2. The Balaban J connectivity index is 1.71. The van der Waals surface area contributed by atoms with Crippen LogP contribution in [0.15, 0.2) is 41.3 Å². The van der Waals surface area contributed by atoms with Crippen LogP contribution in [0, 0.1) is 0 Å². The Morgan fingerprint density at radius 1 is 1.09 bits per heavy atom. The summed E-state index contributed by atoms with van der Waals surface area (Å²) in [4.78, 5) is 15.3. The number of para-hydroxylation sites is 1. The standard InChI is InChI=1S/C22H27N3O6S/c1-3-24(4-2)19-9-8-16(32(27,28)25-10-12-29-13-11-25)14-18(19)23-22(26)17-6-5-7-20-21(17)31-15-30-20/h5-9,14H,3-4,10-13,15H2,1-2H3,(H,23,26). The van der Waals surface area contributed by atoms with Gasteiger partial charge in [0.1, 0.15) is 0 Å². The maximum Gasteiger partial charge on any atom is 0.259 e. The van der Waals surface area contributed by atoms with Crippen molar-refractivity contribution in [3.05, 3.63) is 42.0 Å². The summed E-state index contributed by atoms with van der Waals surface area (Å²) < 4.78 is 43.9. The molecule has 2 aromatic carbocycles. The van der Waals surface area contributed by atoms with E-state index in [1.807, 2.05) is 13.8 Å². The van der Waals surface area contributed by atoms with E-state index < -0.39 is 15.9 Å². The molecule has 10 heteroatoms. The average Bonchev–Trinajstić information content (AvgIpc) is 3.30. The van der Waals surface area contributed by atoms with Gasteiger partial charge in [0.15, 0.2) is 11.5 Å². The maximum absolute atomic E-state index is 13.2. The van der Waals surface area contributed by atoms with Crippen LogP contribution >= 0.6 is 0 Å². The second-order valence-electron chi connectivity index (χ2n) is 7.36. The van der Waals surface area contributed by atoms with Gasteiger partial charge in [-0.15, -0.1) is 0 Å². The van der Waals surface area contributed by atoms with Crippen LogP contribution in [-0.4, -0.2) is 64.8 Å². The summed E-state index contributed by atoms with van der Waals surface area (Å²) in [5.74, 6) is 0.485. The van der Waals surface area contributed by atoms with Crippen LogP contribution in [0.1, 0.15) is 24.2 Å². The van der Waals surface area contributed by atoms with Crippen molar-refractivity contribution in [1.29, 1.82) is 0 Å². The molecule has 0 radical (unpaired) electrons. The van der Waals surface area contributed by atoms with Crippen molar-refractivity contribution < 1.29 is 27.4 Å². The summed E-state index contributed by atoms with van der Waals surface area (Å²) in [6, 6.07) is 9.95. The third-order valence-electron chi connectivity index (χ3n) is 5.57. The first-order valence-corrected chi connectivity index (χ1v) is 12.1. The molecule has 4 rings (SSSR count). The molecule has 0 spiro atoms. The van der Waals surface area contributed by atoms with Gasteiger partial charge in [-0.25, -0.2) is 8.42 Å². The molecule has 1 N–H and O–H groups in total. The van der Waals surface area contributed by atoms with E-state index in [-0.39, 0.29) is 11.7 Å². The minimum absolute atomic E-state index is 0.0532. The van der Waals surface area contributed by atoms with Crippen LogP contribution in [0.5, 0.6) is 11.5 Å². The molecule has 2 aliphatic rings. The molecule has 0 saturated carbocycles. The van der Waals surface area contributed by atoms with Gasteiger partial charge in [-0.3, -0.25) is 4.79 Å². The molecule has 0 atom stereocenters. The number of ether oxygens (including phenoxy) is 3. The average molecular weight is 462 g/mol. The number of sulfonamides is 1. The number of amides is 1. The number of morpholine rings is 1. The highest BCUT2D eigenvalue weighted by atomic mass is 32.2. The molecular formula is C22H27N3O6S. The number of anilines is 2. The van der Waals surface area contributed by atoms with Crippen LogP contribution in [0.2, 0.25) is 0 Å². The summed E-state index contributed by atoms with van der Waals surface area (Å²) in [5, 5.41) is 2.90. The minimum Gasteiger partial charge on any atom is -0.454 e. The van der Waals surface area contributed by atoms with Crippen molar-refractivity contribution in [2.24, 2.45) is 0 Å². The Morgan fingerprint density at radius 2 is 1.84 bits per heavy atom. The molecule has 0 aliphatic carbocycles. The van der Waals surface area contributed by atoms with Gasteiger partial charge in [0.2, 0.25) is 16.8 Å². The fourth-order valence-electron chi connectivity index (χ4n) is 3.85.